The van der Waals surface area contributed by atoms with E-state index < -0.39 is 5.97 Å². The molecule has 0 radical (unpaired) electrons. The molecule has 4 aromatic rings. The Balaban J connectivity index is 1.62. The summed E-state index contributed by atoms with van der Waals surface area (Å²) in [5.74, 6) is -0.960. The van der Waals surface area contributed by atoms with Crippen LogP contribution in [0.1, 0.15) is 38.3 Å². The Kier molecular flexibility index (Phi) is 6.17. The maximum absolute atomic E-state index is 13.1. The first-order valence-corrected chi connectivity index (χ1v) is 10.4. The summed E-state index contributed by atoms with van der Waals surface area (Å²) in [6.07, 6.45) is 4.04. The van der Waals surface area contributed by atoms with E-state index in [4.69, 9.17) is 0 Å². The fourth-order valence-corrected chi connectivity index (χ4v) is 3.92. The molecule has 32 heavy (non-hydrogen) atoms. The van der Waals surface area contributed by atoms with Crippen LogP contribution in [0.5, 0.6) is 0 Å². The number of hydrogen-bond donors (Lipinski definition) is 1. The van der Waals surface area contributed by atoms with Crippen LogP contribution in [0.25, 0.3) is 22.3 Å². The number of aromatic nitrogens is 2. The Hall–Kier alpha value is -4.12. The lowest BCUT2D eigenvalue weighted by molar-refractivity contribution is 0.0696. The maximum Gasteiger partial charge on any atom is 0.335 e. The van der Waals surface area contributed by atoms with Gasteiger partial charge in [-0.2, -0.15) is 10.2 Å². The third-order valence-electron chi connectivity index (χ3n) is 5.59. The van der Waals surface area contributed by atoms with Gasteiger partial charge in [0.05, 0.1) is 18.0 Å². The molecule has 5 nitrogen and oxygen atoms in total. The molecule has 158 valence electrons. The fraction of sp³-hybridized carbons (Fsp3) is 0.111. The number of aryl methyl sites for hydroxylation is 1. The molecule has 0 saturated carbocycles. The standard InChI is InChI=1S/C27H22N2O3/c1-18-23(22-14-15-28-29-17-22)8-5-9-24(18)26(30)13-11-20-16-21(27(31)32)10-12-25(20)19-6-3-2-4-7-19/h2-10,12,14-17H,11,13H2,1H3,(H,31,32). The Morgan fingerprint density at radius 3 is 2.38 bits per heavy atom. The zero-order valence-corrected chi connectivity index (χ0v) is 17.7. The van der Waals surface area contributed by atoms with Crippen LogP contribution in [0.3, 0.4) is 0 Å². The smallest absolute Gasteiger partial charge is 0.335 e. The van der Waals surface area contributed by atoms with E-state index in [1.54, 1.807) is 24.5 Å². The SMILES string of the molecule is Cc1c(C(=O)CCc2cc(C(=O)O)ccc2-c2ccccc2)cccc1-c1ccnnc1. The van der Waals surface area contributed by atoms with E-state index in [1.807, 2.05) is 67.6 Å². The van der Waals surface area contributed by atoms with E-state index in [0.29, 0.717) is 12.0 Å². The Bertz CT molecular complexity index is 1270. The van der Waals surface area contributed by atoms with Crippen LogP contribution in [0.15, 0.2) is 85.2 Å². The van der Waals surface area contributed by atoms with Gasteiger partial charge in [-0.05, 0) is 59.4 Å². The minimum absolute atomic E-state index is 0.0195. The number of aromatic carboxylic acids is 1. The van der Waals surface area contributed by atoms with Crippen LogP contribution in [-0.2, 0) is 6.42 Å². The van der Waals surface area contributed by atoms with Crippen LogP contribution >= 0.6 is 0 Å². The molecule has 0 aliphatic carbocycles. The Labute approximate surface area is 186 Å². The topological polar surface area (TPSA) is 80.2 Å². The first kappa shape index (κ1) is 21.1. The lowest BCUT2D eigenvalue weighted by Gasteiger charge is -2.13. The number of benzene rings is 3. The van der Waals surface area contributed by atoms with Crippen molar-refractivity contribution >= 4 is 11.8 Å². The van der Waals surface area contributed by atoms with Gasteiger partial charge in [0.15, 0.2) is 5.78 Å². The van der Waals surface area contributed by atoms with E-state index in [1.165, 1.54) is 0 Å². The Morgan fingerprint density at radius 1 is 0.844 bits per heavy atom. The van der Waals surface area contributed by atoms with Crippen molar-refractivity contribution in [1.29, 1.82) is 0 Å². The van der Waals surface area contributed by atoms with Gasteiger partial charge in [-0.15, -0.1) is 0 Å². The first-order valence-electron chi connectivity index (χ1n) is 10.4. The number of nitrogens with zero attached hydrogens (tertiary/aromatic N) is 2. The highest BCUT2D eigenvalue weighted by atomic mass is 16.4. The normalized spacial score (nSPS) is 10.7. The highest BCUT2D eigenvalue weighted by Gasteiger charge is 2.15. The Morgan fingerprint density at radius 2 is 1.66 bits per heavy atom. The number of ketones is 1. The molecule has 4 rings (SSSR count). The average Bonchev–Trinajstić information content (AvgIpc) is 2.83. The molecule has 0 saturated heterocycles. The number of hydrogen-bond acceptors (Lipinski definition) is 4. The van der Waals surface area contributed by atoms with Crippen molar-refractivity contribution in [2.45, 2.75) is 19.8 Å². The molecule has 1 N–H and O–H groups in total. The van der Waals surface area contributed by atoms with Crippen molar-refractivity contribution in [3.8, 4) is 22.3 Å². The van der Waals surface area contributed by atoms with Gasteiger partial charge in [0.1, 0.15) is 0 Å². The second-order valence-electron chi connectivity index (χ2n) is 7.58. The van der Waals surface area contributed by atoms with E-state index in [0.717, 1.165) is 33.4 Å². The first-order chi connectivity index (χ1) is 15.5. The molecule has 0 bridgehead atoms. The molecule has 0 atom stereocenters. The van der Waals surface area contributed by atoms with Gasteiger partial charge >= 0.3 is 5.97 Å². The van der Waals surface area contributed by atoms with Crippen molar-refractivity contribution in [2.24, 2.45) is 0 Å². The average molecular weight is 422 g/mol. The molecule has 1 heterocycles. The molecule has 1 aromatic heterocycles. The van der Waals surface area contributed by atoms with Crippen LogP contribution in [0.4, 0.5) is 0 Å². The van der Waals surface area contributed by atoms with Crippen LogP contribution < -0.4 is 0 Å². The quantitative estimate of drug-likeness (QED) is 0.390. The van der Waals surface area contributed by atoms with E-state index in [2.05, 4.69) is 10.2 Å². The minimum Gasteiger partial charge on any atom is -0.478 e. The molecule has 0 fully saturated rings. The second kappa shape index (κ2) is 9.35. The number of carboxylic acids is 1. The summed E-state index contributed by atoms with van der Waals surface area (Å²) in [4.78, 5) is 24.6. The van der Waals surface area contributed by atoms with Crippen LogP contribution in [0, 0.1) is 6.92 Å². The summed E-state index contributed by atoms with van der Waals surface area (Å²) in [6, 6.07) is 22.4. The van der Waals surface area contributed by atoms with E-state index >= 15 is 0 Å². The summed E-state index contributed by atoms with van der Waals surface area (Å²) in [6.45, 7) is 1.93. The summed E-state index contributed by atoms with van der Waals surface area (Å²) in [7, 11) is 0. The van der Waals surface area contributed by atoms with Crippen molar-refractivity contribution in [2.75, 3.05) is 0 Å². The van der Waals surface area contributed by atoms with Crippen molar-refractivity contribution in [1.82, 2.24) is 10.2 Å². The summed E-state index contributed by atoms with van der Waals surface area (Å²) in [5, 5.41) is 17.2. The molecule has 0 aliphatic rings. The maximum atomic E-state index is 13.1. The predicted octanol–water partition coefficient (Wildman–Crippen LogP) is 5.63. The molecule has 0 unspecified atom stereocenters. The number of carbonyl (C=O) groups is 2. The van der Waals surface area contributed by atoms with Gasteiger partial charge < -0.3 is 5.11 Å². The van der Waals surface area contributed by atoms with E-state index in [-0.39, 0.29) is 17.8 Å². The van der Waals surface area contributed by atoms with Gasteiger partial charge in [0.25, 0.3) is 0 Å². The second-order valence-corrected chi connectivity index (χ2v) is 7.58. The van der Waals surface area contributed by atoms with Crippen molar-refractivity contribution in [3.05, 3.63) is 107 Å². The van der Waals surface area contributed by atoms with Crippen LogP contribution in [0.2, 0.25) is 0 Å². The zero-order valence-electron chi connectivity index (χ0n) is 17.7. The molecule has 0 amide bonds. The molecular weight excluding hydrogens is 400 g/mol. The molecule has 0 spiro atoms. The summed E-state index contributed by atoms with van der Waals surface area (Å²) >= 11 is 0. The molecular formula is C27H22N2O3. The van der Waals surface area contributed by atoms with Gasteiger partial charge in [0.2, 0.25) is 0 Å². The number of rotatable bonds is 7. The van der Waals surface area contributed by atoms with Crippen molar-refractivity contribution < 1.29 is 14.7 Å². The highest BCUT2D eigenvalue weighted by molar-refractivity contribution is 5.99. The minimum atomic E-state index is -0.980. The fourth-order valence-electron chi connectivity index (χ4n) is 3.92. The van der Waals surface area contributed by atoms with Gasteiger partial charge in [-0.1, -0.05) is 54.6 Å². The third-order valence-corrected chi connectivity index (χ3v) is 5.59. The van der Waals surface area contributed by atoms with Crippen LogP contribution in [-0.4, -0.2) is 27.1 Å². The lowest BCUT2D eigenvalue weighted by atomic mass is 9.91. The largest absolute Gasteiger partial charge is 0.478 e. The summed E-state index contributed by atoms with van der Waals surface area (Å²) in [5.41, 5.74) is 6.42. The third kappa shape index (κ3) is 4.47. The number of Topliss-reactive ketones (excluding diaryl/α,β-unsaturated/α-hetero) is 1. The highest BCUT2D eigenvalue weighted by Crippen LogP contribution is 2.28. The molecule has 5 heteroatoms. The van der Waals surface area contributed by atoms with Crippen molar-refractivity contribution in [3.63, 3.8) is 0 Å². The molecule has 0 aliphatic heterocycles. The number of carboxylic acid groups (broad SMARTS) is 1. The van der Waals surface area contributed by atoms with Gasteiger partial charge in [0, 0.05) is 17.5 Å². The zero-order chi connectivity index (χ0) is 22.5. The molecule has 3 aromatic carbocycles. The van der Waals surface area contributed by atoms with E-state index in [9.17, 15) is 14.7 Å². The lowest BCUT2D eigenvalue weighted by Crippen LogP contribution is -2.06. The summed E-state index contributed by atoms with van der Waals surface area (Å²) < 4.78 is 0. The van der Waals surface area contributed by atoms with Gasteiger partial charge in [-0.25, -0.2) is 4.79 Å². The van der Waals surface area contributed by atoms with Gasteiger partial charge in [-0.3, -0.25) is 4.79 Å². The predicted molar refractivity (Wildman–Crippen MR) is 124 cm³/mol. The monoisotopic (exact) mass is 422 g/mol. The number of carbonyl (C=O) groups excluding carboxylic acids is 1.